The molecule has 0 aliphatic carbocycles. The maximum absolute atomic E-state index is 10.6. The summed E-state index contributed by atoms with van der Waals surface area (Å²) in [5.41, 5.74) is 0. The molecule has 0 heterocycles. The Balaban J connectivity index is 0. The van der Waals surface area contributed by atoms with Gasteiger partial charge >= 0.3 is 23.9 Å². The van der Waals surface area contributed by atoms with Crippen LogP contribution in [-0.4, -0.2) is 44.3 Å². The van der Waals surface area contributed by atoms with Crippen molar-refractivity contribution < 1.29 is 39.6 Å². The van der Waals surface area contributed by atoms with Gasteiger partial charge in [0, 0.05) is 12.8 Å². The second-order valence-corrected chi connectivity index (χ2v) is 7.19. The van der Waals surface area contributed by atoms with Crippen molar-refractivity contribution in [2.45, 2.75) is 103 Å². The van der Waals surface area contributed by atoms with E-state index < -0.39 is 29.8 Å². The Kier molecular flexibility index (Phi) is 20.7. The summed E-state index contributed by atoms with van der Waals surface area (Å²) in [6.45, 7) is 2.16. The summed E-state index contributed by atoms with van der Waals surface area (Å²) < 4.78 is 0. The van der Waals surface area contributed by atoms with Crippen molar-refractivity contribution in [3.63, 3.8) is 0 Å². The first-order chi connectivity index (χ1) is 13.7. The second-order valence-electron chi connectivity index (χ2n) is 7.19. The average Bonchev–Trinajstić information content (AvgIpc) is 2.62. The van der Waals surface area contributed by atoms with E-state index in [1.807, 2.05) is 0 Å². The quantitative estimate of drug-likeness (QED) is 0.183. The molecule has 8 nitrogen and oxygen atoms in total. The first-order valence-corrected chi connectivity index (χ1v) is 10.6. The van der Waals surface area contributed by atoms with Crippen LogP contribution < -0.4 is 0 Å². The van der Waals surface area contributed by atoms with Gasteiger partial charge in [0.15, 0.2) is 5.92 Å². The molecule has 29 heavy (non-hydrogen) atoms. The lowest BCUT2D eigenvalue weighted by molar-refractivity contribution is -0.155. The standard InChI is InChI=1S/C12H22O4.C9H16O4/c1-2-3-4-5-6-7-8-9-10(11(13)14)12(15)16;10-8(11)6-4-2-1-3-5-7-9(12)13/h10H,2-9H2,1H3,(H,13,14)(H,15,16);1-7H2,(H,10,11)(H,12,13). The number of carboxylic acid groups (broad SMARTS) is 4. The molecule has 0 radical (unpaired) electrons. The normalized spacial score (nSPS) is 10.3. The van der Waals surface area contributed by atoms with E-state index in [-0.39, 0.29) is 19.3 Å². The second kappa shape index (κ2) is 20.6. The highest BCUT2D eigenvalue weighted by Gasteiger charge is 2.24. The number of carbonyl (C=O) groups is 4. The van der Waals surface area contributed by atoms with Crippen LogP contribution >= 0.6 is 0 Å². The van der Waals surface area contributed by atoms with Crippen LogP contribution in [0.2, 0.25) is 0 Å². The molecular formula is C21H38O8. The summed E-state index contributed by atoms with van der Waals surface area (Å²) in [5, 5.41) is 33.9. The van der Waals surface area contributed by atoms with Gasteiger partial charge in [-0.3, -0.25) is 19.2 Å². The van der Waals surface area contributed by atoms with Crippen molar-refractivity contribution >= 4 is 23.9 Å². The third-order valence-electron chi connectivity index (χ3n) is 4.47. The monoisotopic (exact) mass is 418 g/mol. The predicted molar refractivity (Wildman–Crippen MR) is 109 cm³/mol. The molecule has 0 saturated heterocycles. The van der Waals surface area contributed by atoms with E-state index in [0.717, 1.165) is 32.1 Å². The SMILES string of the molecule is CCCCCCCCCC(C(=O)O)C(=O)O.O=C(O)CCCCCCCC(=O)O. The van der Waals surface area contributed by atoms with Crippen molar-refractivity contribution in [3.05, 3.63) is 0 Å². The van der Waals surface area contributed by atoms with Crippen LogP contribution in [0, 0.1) is 5.92 Å². The number of hydrogen-bond donors (Lipinski definition) is 4. The fourth-order valence-electron chi connectivity index (χ4n) is 2.74. The molecule has 0 amide bonds. The largest absolute Gasteiger partial charge is 0.481 e. The van der Waals surface area contributed by atoms with Gasteiger partial charge in [-0.15, -0.1) is 0 Å². The minimum Gasteiger partial charge on any atom is -0.481 e. The molecule has 0 saturated carbocycles. The molecule has 0 aliphatic rings. The summed E-state index contributed by atoms with van der Waals surface area (Å²) in [6.07, 6.45) is 12.3. The summed E-state index contributed by atoms with van der Waals surface area (Å²) in [4.78, 5) is 41.3. The number of rotatable bonds is 18. The van der Waals surface area contributed by atoms with Gasteiger partial charge in [0.05, 0.1) is 0 Å². The Hall–Kier alpha value is -2.12. The average molecular weight is 419 g/mol. The van der Waals surface area contributed by atoms with Crippen molar-refractivity contribution in [3.8, 4) is 0 Å². The predicted octanol–water partition coefficient (Wildman–Crippen LogP) is 4.80. The molecule has 0 spiro atoms. The molecule has 0 aromatic carbocycles. The molecule has 0 fully saturated rings. The van der Waals surface area contributed by atoms with Crippen molar-refractivity contribution in [2.24, 2.45) is 5.92 Å². The van der Waals surface area contributed by atoms with Gasteiger partial charge in [0.1, 0.15) is 0 Å². The fraction of sp³-hybridized carbons (Fsp3) is 0.810. The van der Waals surface area contributed by atoms with E-state index in [1.165, 1.54) is 25.7 Å². The highest BCUT2D eigenvalue weighted by molar-refractivity contribution is 5.92. The Labute approximate surface area is 173 Å². The van der Waals surface area contributed by atoms with Crippen molar-refractivity contribution in [2.75, 3.05) is 0 Å². The maximum atomic E-state index is 10.6. The Morgan fingerprint density at radius 1 is 0.552 bits per heavy atom. The van der Waals surface area contributed by atoms with Crippen LogP contribution in [-0.2, 0) is 19.2 Å². The molecule has 0 rings (SSSR count). The minimum absolute atomic E-state index is 0.221. The third-order valence-corrected chi connectivity index (χ3v) is 4.47. The zero-order valence-electron chi connectivity index (χ0n) is 17.6. The Morgan fingerprint density at radius 3 is 1.24 bits per heavy atom. The van der Waals surface area contributed by atoms with E-state index in [4.69, 9.17) is 20.4 Å². The molecule has 0 bridgehead atoms. The summed E-state index contributed by atoms with van der Waals surface area (Å²) in [5.74, 6) is -5.19. The third kappa shape index (κ3) is 23.8. The maximum Gasteiger partial charge on any atom is 0.317 e. The summed E-state index contributed by atoms with van der Waals surface area (Å²) >= 11 is 0. The molecule has 170 valence electrons. The van der Waals surface area contributed by atoms with Gasteiger partial charge in [0.2, 0.25) is 0 Å². The van der Waals surface area contributed by atoms with E-state index in [1.54, 1.807) is 0 Å². The molecule has 0 aliphatic heterocycles. The highest BCUT2D eigenvalue weighted by atomic mass is 16.4. The van der Waals surface area contributed by atoms with Crippen LogP contribution in [0.15, 0.2) is 0 Å². The van der Waals surface area contributed by atoms with E-state index in [2.05, 4.69) is 6.92 Å². The van der Waals surface area contributed by atoms with Crippen LogP contribution in [0.3, 0.4) is 0 Å². The van der Waals surface area contributed by atoms with Gasteiger partial charge in [-0.25, -0.2) is 0 Å². The Bertz CT molecular complexity index is 430. The lowest BCUT2D eigenvalue weighted by atomic mass is 10.0. The topological polar surface area (TPSA) is 149 Å². The molecule has 0 atom stereocenters. The van der Waals surface area contributed by atoms with Gasteiger partial charge in [-0.05, 0) is 19.3 Å². The van der Waals surface area contributed by atoms with Crippen LogP contribution in [0.5, 0.6) is 0 Å². The highest BCUT2D eigenvalue weighted by Crippen LogP contribution is 2.13. The summed E-state index contributed by atoms with van der Waals surface area (Å²) in [6, 6.07) is 0. The van der Waals surface area contributed by atoms with Gasteiger partial charge in [-0.1, -0.05) is 71.1 Å². The van der Waals surface area contributed by atoms with Crippen molar-refractivity contribution in [1.29, 1.82) is 0 Å². The minimum atomic E-state index is -1.23. The van der Waals surface area contributed by atoms with E-state index >= 15 is 0 Å². The lowest BCUT2D eigenvalue weighted by Gasteiger charge is -2.06. The zero-order chi connectivity index (χ0) is 22.5. The van der Waals surface area contributed by atoms with Crippen LogP contribution in [0.25, 0.3) is 0 Å². The van der Waals surface area contributed by atoms with E-state index in [0.29, 0.717) is 19.3 Å². The van der Waals surface area contributed by atoms with Gasteiger partial charge in [0.25, 0.3) is 0 Å². The number of aliphatic carboxylic acids is 4. The van der Waals surface area contributed by atoms with Gasteiger partial charge < -0.3 is 20.4 Å². The van der Waals surface area contributed by atoms with Gasteiger partial charge in [-0.2, -0.15) is 0 Å². The lowest BCUT2D eigenvalue weighted by Crippen LogP contribution is -2.23. The van der Waals surface area contributed by atoms with Crippen LogP contribution in [0.1, 0.15) is 103 Å². The van der Waals surface area contributed by atoms with E-state index in [9.17, 15) is 19.2 Å². The smallest absolute Gasteiger partial charge is 0.317 e. The van der Waals surface area contributed by atoms with Crippen LogP contribution in [0.4, 0.5) is 0 Å². The molecule has 8 heteroatoms. The zero-order valence-corrected chi connectivity index (χ0v) is 17.6. The number of hydrogen-bond acceptors (Lipinski definition) is 4. The number of carboxylic acids is 4. The molecule has 0 unspecified atom stereocenters. The Morgan fingerprint density at radius 2 is 0.897 bits per heavy atom. The van der Waals surface area contributed by atoms with Crippen molar-refractivity contribution in [1.82, 2.24) is 0 Å². The molecule has 0 aromatic heterocycles. The molecule has 4 N–H and O–H groups in total. The molecular weight excluding hydrogens is 380 g/mol. The number of unbranched alkanes of at least 4 members (excludes halogenated alkanes) is 10. The first kappa shape index (κ1) is 29.1. The summed E-state index contributed by atoms with van der Waals surface area (Å²) in [7, 11) is 0. The fourth-order valence-corrected chi connectivity index (χ4v) is 2.74. The molecule has 0 aromatic rings. The first-order valence-electron chi connectivity index (χ1n) is 10.6.